The molecule has 4 nitrogen and oxygen atoms in total. The summed E-state index contributed by atoms with van der Waals surface area (Å²) in [5, 5.41) is 13.1. The first-order valence-electron chi connectivity index (χ1n) is 7.48. The fourth-order valence-electron chi connectivity index (χ4n) is 2.66. The third kappa shape index (κ3) is 5.30. The number of aliphatic hydroxyl groups is 1. The van der Waals surface area contributed by atoms with Crippen molar-refractivity contribution in [2.45, 2.75) is 38.0 Å². The molecule has 0 saturated carbocycles. The first kappa shape index (κ1) is 16.3. The summed E-state index contributed by atoms with van der Waals surface area (Å²) < 4.78 is 0. The largest absolute Gasteiger partial charge is 0.390 e. The normalized spacial score (nSPS) is 23.0. The summed E-state index contributed by atoms with van der Waals surface area (Å²) in [6, 6.07) is 10.1. The number of piperidine rings is 1. The number of carbonyl (C=O) groups excluding carboxylic acids is 1. The highest BCUT2D eigenvalue weighted by molar-refractivity contribution is 6.17. The second kappa shape index (κ2) is 8.37. The molecule has 0 radical (unpaired) electrons. The van der Waals surface area contributed by atoms with E-state index in [0.717, 1.165) is 19.5 Å². The van der Waals surface area contributed by atoms with Gasteiger partial charge in [0.15, 0.2) is 0 Å². The molecule has 116 valence electrons. The molecular weight excluding hydrogens is 288 g/mol. The van der Waals surface area contributed by atoms with Crippen LogP contribution in [-0.2, 0) is 11.3 Å². The maximum absolute atomic E-state index is 11.7. The molecule has 21 heavy (non-hydrogen) atoms. The molecule has 5 heteroatoms. The number of hydrogen-bond acceptors (Lipinski definition) is 3. The molecule has 0 aliphatic carbocycles. The Morgan fingerprint density at radius 1 is 1.38 bits per heavy atom. The number of likely N-dealkylation sites (tertiary alicyclic amines) is 1. The van der Waals surface area contributed by atoms with E-state index in [-0.39, 0.29) is 11.9 Å². The molecule has 0 aromatic heterocycles. The van der Waals surface area contributed by atoms with E-state index in [9.17, 15) is 9.90 Å². The van der Waals surface area contributed by atoms with Crippen molar-refractivity contribution in [3.8, 4) is 0 Å². The third-order valence-electron chi connectivity index (χ3n) is 3.80. The van der Waals surface area contributed by atoms with Crippen molar-refractivity contribution >= 4 is 17.5 Å². The molecule has 2 unspecified atom stereocenters. The smallest absolute Gasteiger partial charge is 0.220 e. The van der Waals surface area contributed by atoms with Crippen LogP contribution in [0, 0.1) is 0 Å². The second-order valence-electron chi connectivity index (χ2n) is 5.54. The van der Waals surface area contributed by atoms with Gasteiger partial charge in [0.25, 0.3) is 0 Å². The van der Waals surface area contributed by atoms with Crippen LogP contribution in [-0.4, -0.2) is 47.0 Å². The fraction of sp³-hybridized carbons (Fsp3) is 0.562. The molecular formula is C16H23ClN2O2. The van der Waals surface area contributed by atoms with Crippen LogP contribution in [0.3, 0.4) is 0 Å². The molecule has 1 fully saturated rings. The summed E-state index contributed by atoms with van der Waals surface area (Å²) >= 11 is 5.58. The van der Waals surface area contributed by atoms with Crippen LogP contribution in [0.15, 0.2) is 30.3 Å². The summed E-state index contributed by atoms with van der Waals surface area (Å²) in [7, 11) is 0. The predicted octanol–water partition coefficient (Wildman–Crippen LogP) is 1.76. The lowest BCUT2D eigenvalue weighted by Gasteiger charge is -2.36. The summed E-state index contributed by atoms with van der Waals surface area (Å²) in [6.45, 7) is 2.31. The molecule has 1 aromatic rings. The maximum Gasteiger partial charge on any atom is 0.220 e. The second-order valence-corrected chi connectivity index (χ2v) is 5.92. The minimum Gasteiger partial charge on any atom is -0.390 e. The molecule has 0 spiro atoms. The van der Waals surface area contributed by atoms with E-state index in [4.69, 9.17) is 11.6 Å². The van der Waals surface area contributed by atoms with Gasteiger partial charge in [0.05, 0.1) is 12.1 Å². The first-order valence-corrected chi connectivity index (χ1v) is 8.02. The first-order chi connectivity index (χ1) is 10.2. The van der Waals surface area contributed by atoms with Crippen molar-refractivity contribution in [2.24, 2.45) is 0 Å². The lowest BCUT2D eigenvalue weighted by Crippen LogP contribution is -2.53. The maximum atomic E-state index is 11.7. The number of amides is 1. The van der Waals surface area contributed by atoms with Crippen LogP contribution in [0.1, 0.15) is 24.8 Å². The van der Waals surface area contributed by atoms with Gasteiger partial charge in [0.1, 0.15) is 0 Å². The van der Waals surface area contributed by atoms with Crippen molar-refractivity contribution in [3.05, 3.63) is 35.9 Å². The molecule has 2 N–H and O–H groups in total. The number of benzene rings is 1. The van der Waals surface area contributed by atoms with Gasteiger partial charge in [-0.05, 0) is 18.4 Å². The number of hydrogen-bond donors (Lipinski definition) is 2. The Balaban J connectivity index is 1.78. The van der Waals surface area contributed by atoms with E-state index >= 15 is 0 Å². The molecule has 1 saturated heterocycles. The Hall–Kier alpha value is -1.10. The van der Waals surface area contributed by atoms with E-state index in [1.165, 1.54) is 5.56 Å². The number of alkyl halides is 1. The van der Waals surface area contributed by atoms with Crippen LogP contribution in [0.2, 0.25) is 0 Å². The number of carbonyl (C=O) groups is 1. The Labute approximate surface area is 131 Å². The Morgan fingerprint density at radius 3 is 2.81 bits per heavy atom. The minimum atomic E-state index is -0.512. The SMILES string of the molecule is O=C(CCCCl)NC1CCN(Cc2ccccc2)CC1O. The van der Waals surface area contributed by atoms with Gasteiger partial charge in [-0.3, -0.25) is 9.69 Å². The van der Waals surface area contributed by atoms with Crippen LogP contribution in [0.5, 0.6) is 0 Å². The fourth-order valence-corrected chi connectivity index (χ4v) is 2.79. The summed E-state index contributed by atoms with van der Waals surface area (Å²) in [5.41, 5.74) is 1.24. The van der Waals surface area contributed by atoms with Crippen molar-refractivity contribution in [3.63, 3.8) is 0 Å². The zero-order chi connectivity index (χ0) is 15.1. The van der Waals surface area contributed by atoms with Gasteiger partial charge >= 0.3 is 0 Å². The van der Waals surface area contributed by atoms with Crippen LogP contribution < -0.4 is 5.32 Å². The zero-order valence-corrected chi connectivity index (χ0v) is 12.9. The molecule has 1 heterocycles. The highest BCUT2D eigenvalue weighted by Crippen LogP contribution is 2.14. The lowest BCUT2D eigenvalue weighted by atomic mass is 10.0. The topological polar surface area (TPSA) is 52.6 Å². The van der Waals surface area contributed by atoms with Gasteiger partial charge in [0, 0.05) is 31.9 Å². The standard InChI is InChI=1S/C16H23ClN2O2/c17-9-4-7-16(21)18-14-8-10-19(12-15(14)20)11-13-5-2-1-3-6-13/h1-3,5-6,14-15,20H,4,7-12H2,(H,18,21). The average Bonchev–Trinajstić information content (AvgIpc) is 2.49. The van der Waals surface area contributed by atoms with Gasteiger partial charge in [-0.15, -0.1) is 11.6 Å². The highest BCUT2D eigenvalue weighted by Gasteiger charge is 2.28. The van der Waals surface area contributed by atoms with Crippen molar-refractivity contribution in [1.82, 2.24) is 10.2 Å². The molecule has 2 atom stereocenters. The van der Waals surface area contributed by atoms with Crippen LogP contribution in [0.25, 0.3) is 0 Å². The zero-order valence-electron chi connectivity index (χ0n) is 12.2. The van der Waals surface area contributed by atoms with Crippen molar-refractivity contribution in [1.29, 1.82) is 0 Å². The number of aliphatic hydroxyl groups excluding tert-OH is 1. The number of nitrogens with one attached hydrogen (secondary N) is 1. The predicted molar refractivity (Wildman–Crippen MR) is 84.2 cm³/mol. The van der Waals surface area contributed by atoms with Crippen LogP contribution in [0.4, 0.5) is 0 Å². The number of β-amino-alcohol motifs (C(OH)–C–C–N with tert-alkyl or cyclic N) is 1. The number of rotatable bonds is 6. The van der Waals surface area contributed by atoms with E-state index in [1.807, 2.05) is 18.2 Å². The van der Waals surface area contributed by atoms with Crippen molar-refractivity contribution in [2.75, 3.05) is 19.0 Å². The van der Waals surface area contributed by atoms with E-state index in [0.29, 0.717) is 25.3 Å². The van der Waals surface area contributed by atoms with Gasteiger partial charge in [0.2, 0.25) is 5.91 Å². The van der Waals surface area contributed by atoms with Gasteiger partial charge < -0.3 is 10.4 Å². The molecule has 1 amide bonds. The van der Waals surface area contributed by atoms with E-state index in [1.54, 1.807) is 0 Å². The highest BCUT2D eigenvalue weighted by atomic mass is 35.5. The molecule has 0 bridgehead atoms. The summed E-state index contributed by atoms with van der Waals surface area (Å²) in [4.78, 5) is 13.9. The molecule has 1 aliphatic heterocycles. The quantitative estimate of drug-likeness (QED) is 0.787. The average molecular weight is 311 g/mol. The lowest BCUT2D eigenvalue weighted by molar-refractivity contribution is -0.123. The number of nitrogens with zero attached hydrogens (tertiary/aromatic N) is 1. The summed E-state index contributed by atoms with van der Waals surface area (Å²) in [6.07, 6.45) is 1.37. The van der Waals surface area contributed by atoms with Gasteiger partial charge in [-0.2, -0.15) is 0 Å². The molecule has 1 aliphatic rings. The monoisotopic (exact) mass is 310 g/mol. The number of halogens is 1. The Bertz CT molecular complexity index is 441. The molecule has 1 aromatic carbocycles. The Kier molecular flexibility index (Phi) is 6.49. The third-order valence-corrected chi connectivity index (χ3v) is 4.07. The Morgan fingerprint density at radius 2 is 2.14 bits per heavy atom. The van der Waals surface area contributed by atoms with Gasteiger partial charge in [-0.25, -0.2) is 0 Å². The van der Waals surface area contributed by atoms with E-state index < -0.39 is 6.10 Å². The van der Waals surface area contributed by atoms with Crippen LogP contribution >= 0.6 is 11.6 Å². The molecule has 2 rings (SSSR count). The van der Waals surface area contributed by atoms with Gasteiger partial charge in [-0.1, -0.05) is 30.3 Å². The van der Waals surface area contributed by atoms with E-state index in [2.05, 4.69) is 22.3 Å². The summed E-state index contributed by atoms with van der Waals surface area (Å²) in [5.74, 6) is 0.474. The van der Waals surface area contributed by atoms with Crippen molar-refractivity contribution < 1.29 is 9.90 Å². The minimum absolute atomic E-state index is 0.0174.